The second-order valence-electron chi connectivity index (χ2n) is 6.20. The van der Waals surface area contributed by atoms with Crippen molar-refractivity contribution in [2.45, 2.75) is 0 Å². The molecule has 1 saturated heterocycles. The van der Waals surface area contributed by atoms with E-state index in [2.05, 4.69) is 34.1 Å². The largest absolute Gasteiger partial charge is 0.334 e. The standard InChI is InChI=1S/C18H27N5O2/c1-4-9-19-18(25)20-15-5-7-16(8-6-15)22(3)17(24)14-23-12-10-21(2)11-13-23/h4-8H,1,9-14H2,2-3H3,(H2,19,20,25). The van der Waals surface area contributed by atoms with E-state index in [0.29, 0.717) is 18.8 Å². The van der Waals surface area contributed by atoms with Crippen LogP contribution in [-0.4, -0.2) is 75.1 Å². The van der Waals surface area contributed by atoms with Gasteiger partial charge in [0.05, 0.1) is 6.54 Å². The Morgan fingerprint density at radius 2 is 1.84 bits per heavy atom. The van der Waals surface area contributed by atoms with E-state index in [-0.39, 0.29) is 11.9 Å². The van der Waals surface area contributed by atoms with Gasteiger partial charge in [-0.2, -0.15) is 0 Å². The molecule has 0 spiro atoms. The van der Waals surface area contributed by atoms with Crippen LogP contribution in [0.25, 0.3) is 0 Å². The van der Waals surface area contributed by atoms with Crippen LogP contribution in [0.15, 0.2) is 36.9 Å². The first-order chi connectivity index (χ1) is 12.0. The lowest BCUT2D eigenvalue weighted by Gasteiger charge is -2.32. The second kappa shape index (κ2) is 9.19. The summed E-state index contributed by atoms with van der Waals surface area (Å²) < 4.78 is 0. The number of urea groups is 1. The van der Waals surface area contributed by atoms with Crippen molar-refractivity contribution in [1.29, 1.82) is 0 Å². The maximum Gasteiger partial charge on any atom is 0.319 e. The zero-order valence-corrected chi connectivity index (χ0v) is 15.0. The number of nitrogens with zero attached hydrogens (tertiary/aromatic N) is 3. The van der Waals surface area contributed by atoms with Crippen molar-refractivity contribution in [3.63, 3.8) is 0 Å². The third-order valence-electron chi connectivity index (χ3n) is 4.25. The van der Waals surface area contributed by atoms with Crippen LogP contribution >= 0.6 is 0 Å². The van der Waals surface area contributed by atoms with Crippen molar-refractivity contribution in [1.82, 2.24) is 15.1 Å². The van der Waals surface area contributed by atoms with Crippen LogP contribution in [0.2, 0.25) is 0 Å². The maximum absolute atomic E-state index is 12.5. The summed E-state index contributed by atoms with van der Waals surface area (Å²) in [5.74, 6) is 0.0639. The number of nitrogens with one attached hydrogen (secondary N) is 2. The monoisotopic (exact) mass is 345 g/mol. The van der Waals surface area contributed by atoms with E-state index in [4.69, 9.17) is 0 Å². The maximum atomic E-state index is 12.5. The van der Waals surface area contributed by atoms with Gasteiger partial charge in [-0.15, -0.1) is 6.58 Å². The smallest absolute Gasteiger partial charge is 0.319 e. The van der Waals surface area contributed by atoms with Crippen LogP contribution in [0.1, 0.15) is 0 Å². The van der Waals surface area contributed by atoms with Crippen molar-refractivity contribution < 1.29 is 9.59 Å². The molecule has 1 fully saturated rings. The molecule has 3 amide bonds. The lowest BCUT2D eigenvalue weighted by molar-refractivity contribution is -0.119. The van der Waals surface area contributed by atoms with Gasteiger partial charge in [-0.25, -0.2) is 4.79 Å². The minimum absolute atomic E-state index is 0.0639. The van der Waals surface area contributed by atoms with Gasteiger partial charge in [-0.05, 0) is 31.3 Å². The summed E-state index contributed by atoms with van der Waals surface area (Å²) in [4.78, 5) is 30.2. The molecule has 7 heteroatoms. The minimum atomic E-state index is -0.285. The van der Waals surface area contributed by atoms with Crippen LogP contribution in [0.3, 0.4) is 0 Å². The molecule has 0 aliphatic carbocycles. The quantitative estimate of drug-likeness (QED) is 0.761. The molecule has 0 radical (unpaired) electrons. The first-order valence-electron chi connectivity index (χ1n) is 8.43. The Morgan fingerprint density at radius 3 is 2.44 bits per heavy atom. The number of carbonyl (C=O) groups excluding carboxylic acids is 2. The Morgan fingerprint density at radius 1 is 1.20 bits per heavy atom. The van der Waals surface area contributed by atoms with Gasteiger partial charge >= 0.3 is 6.03 Å². The molecule has 0 atom stereocenters. The van der Waals surface area contributed by atoms with Crippen LogP contribution in [0.5, 0.6) is 0 Å². The van der Waals surface area contributed by atoms with E-state index < -0.39 is 0 Å². The Labute approximate surface area is 149 Å². The van der Waals surface area contributed by atoms with E-state index in [1.54, 1.807) is 30.2 Å². The highest BCUT2D eigenvalue weighted by molar-refractivity contribution is 5.95. The lowest BCUT2D eigenvalue weighted by Crippen LogP contribution is -2.48. The molecule has 0 bridgehead atoms. The van der Waals surface area contributed by atoms with Crippen molar-refractivity contribution in [2.75, 3.05) is 63.6 Å². The number of benzene rings is 1. The summed E-state index contributed by atoms with van der Waals surface area (Å²) in [6.45, 7) is 8.20. The van der Waals surface area contributed by atoms with E-state index in [1.807, 2.05) is 12.1 Å². The normalized spacial score (nSPS) is 15.4. The third kappa shape index (κ3) is 5.88. The molecule has 0 saturated carbocycles. The first kappa shape index (κ1) is 19.0. The Balaban J connectivity index is 1.86. The number of rotatable bonds is 6. The molecule has 2 N–H and O–H groups in total. The van der Waals surface area contributed by atoms with Crippen LogP contribution in [-0.2, 0) is 4.79 Å². The molecule has 7 nitrogen and oxygen atoms in total. The molecular formula is C18H27N5O2. The average molecular weight is 345 g/mol. The fourth-order valence-corrected chi connectivity index (χ4v) is 2.56. The van der Waals surface area contributed by atoms with Gasteiger partial charge in [0.15, 0.2) is 0 Å². The summed E-state index contributed by atoms with van der Waals surface area (Å²) >= 11 is 0. The van der Waals surface area contributed by atoms with Crippen LogP contribution < -0.4 is 15.5 Å². The zero-order valence-electron chi connectivity index (χ0n) is 15.0. The van der Waals surface area contributed by atoms with Gasteiger partial charge in [0.1, 0.15) is 0 Å². The summed E-state index contributed by atoms with van der Waals surface area (Å²) in [6.07, 6.45) is 1.61. The molecule has 2 rings (SSSR count). The zero-order chi connectivity index (χ0) is 18.2. The summed E-state index contributed by atoms with van der Waals surface area (Å²) in [5.41, 5.74) is 1.47. The summed E-state index contributed by atoms with van der Waals surface area (Å²) in [7, 11) is 3.87. The minimum Gasteiger partial charge on any atom is -0.334 e. The molecule has 1 aromatic carbocycles. The van der Waals surface area contributed by atoms with Crippen molar-refractivity contribution >= 4 is 23.3 Å². The van der Waals surface area contributed by atoms with Gasteiger partial charge in [0.2, 0.25) is 5.91 Å². The Hall–Kier alpha value is -2.38. The molecule has 0 unspecified atom stereocenters. The van der Waals surface area contributed by atoms with Crippen molar-refractivity contribution in [3.05, 3.63) is 36.9 Å². The third-order valence-corrected chi connectivity index (χ3v) is 4.25. The molecule has 1 aliphatic rings. The average Bonchev–Trinajstić information content (AvgIpc) is 2.62. The van der Waals surface area contributed by atoms with E-state index >= 15 is 0 Å². The predicted octanol–water partition coefficient (Wildman–Crippen LogP) is 1.20. The van der Waals surface area contributed by atoms with Crippen molar-refractivity contribution in [3.8, 4) is 0 Å². The van der Waals surface area contributed by atoms with Gasteiger partial charge in [0.25, 0.3) is 0 Å². The van der Waals surface area contributed by atoms with Gasteiger partial charge < -0.3 is 20.4 Å². The SMILES string of the molecule is C=CCNC(=O)Nc1ccc(N(C)C(=O)CN2CCN(C)CC2)cc1. The highest BCUT2D eigenvalue weighted by atomic mass is 16.2. The number of hydrogen-bond acceptors (Lipinski definition) is 4. The molecule has 0 aromatic heterocycles. The fourth-order valence-electron chi connectivity index (χ4n) is 2.56. The Bertz CT molecular complexity index is 594. The lowest BCUT2D eigenvalue weighted by atomic mass is 10.2. The number of hydrogen-bond donors (Lipinski definition) is 2. The summed E-state index contributed by atoms with van der Waals surface area (Å²) in [6, 6.07) is 6.92. The predicted molar refractivity (Wildman–Crippen MR) is 101 cm³/mol. The van der Waals surface area contributed by atoms with E-state index in [0.717, 1.165) is 31.9 Å². The molecule has 25 heavy (non-hydrogen) atoms. The van der Waals surface area contributed by atoms with Gasteiger partial charge in [0, 0.05) is 51.1 Å². The van der Waals surface area contributed by atoms with Crippen molar-refractivity contribution in [2.24, 2.45) is 0 Å². The summed E-state index contributed by atoms with van der Waals surface area (Å²) in [5, 5.41) is 5.37. The molecular weight excluding hydrogens is 318 g/mol. The van der Waals surface area contributed by atoms with Gasteiger partial charge in [-0.1, -0.05) is 6.08 Å². The molecule has 1 aliphatic heterocycles. The second-order valence-corrected chi connectivity index (χ2v) is 6.20. The van der Waals surface area contributed by atoms with Crippen LogP contribution in [0, 0.1) is 0 Å². The van der Waals surface area contributed by atoms with E-state index in [9.17, 15) is 9.59 Å². The number of amides is 3. The Kier molecular flexibility index (Phi) is 6.97. The highest BCUT2D eigenvalue weighted by Crippen LogP contribution is 2.17. The first-order valence-corrected chi connectivity index (χ1v) is 8.43. The van der Waals surface area contributed by atoms with Gasteiger partial charge in [-0.3, -0.25) is 9.69 Å². The number of anilines is 2. The number of carbonyl (C=O) groups is 2. The highest BCUT2D eigenvalue weighted by Gasteiger charge is 2.19. The number of likely N-dealkylation sites (N-methyl/N-ethyl adjacent to an activating group) is 2. The fraction of sp³-hybridized carbons (Fsp3) is 0.444. The molecule has 136 valence electrons. The topological polar surface area (TPSA) is 67.9 Å². The van der Waals surface area contributed by atoms with E-state index in [1.165, 1.54) is 0 Å². The molecule has 1 heterocycles. The number of piperazine rings is 1. The van der Waals surface area contributed by atoms with Crippen LogP contribution in [0.4, 0.5) is 16.2 Å². The molecule has 1 aromatic rings.